The number of allylic oxidation sites excluding steroid dienone is 2. The fourth-order valence-electron chi connectivity index (χ4n) is 6.19. The number of nitrogens with zero attached hydrogens (tertiary/aromatic N) is 1. The van der Waals surface area contributed by atoms with E-state index in [1.54, 1.807) is 0 Å². The molecule has 0 radical (unpaired) electrons. The number of hydrogen-bond acceptors (Lipinski definition) is 1. The highest BCUT2D eigenvalue weighted by Gasteiger charge is 2.39. The Labute approximate surface area is 188 Å². The van der Waals surface area contributed by atoms with Crippen molar-refractivity contribution in [2.75, 3.05) is 0 Å². The Kier molecular flexibility index (Phi) is 11.9. The highest BCUT2D eigenvalue weighted by molar-refractivity contribution is 5.31. The minimum atomic E-state index is 0.494. The maximum absolute atomic E-state index is 3.59. The Hall–Kier alpha value is -1.00. The molecular formula is C29H49N. The van der Waals surface area contributed by atoms with Crippen LogP contribution in [0.5, 0.6) is 0 Å². The van der Waals surface area contributed by atoms with Crippen LogP contribution in [0.3, 0.4) is 0 Å². The third kappa shape index (κ3) is 6.75. The third-order valence-electron chi connectivity index (χ3n) is 7.76. The van der Waals surface area contributed by atoms with Gasteiger partial charge in [-0.2, -0.15) is 0 Å². The molecule has 30 heavy (non-hydrogen) atoms. The summed E-state index contributed by atoms with van der Waals surface area (Å²) < 4.78 is 0. The summed E-state index contributed by atoms with van der Waals surface area (Å²) in [7, 11) is 0. The molecule has 0 aromatic heterocycles. The predicted molar refractivity (Wildman–Crippen MR) is 133 cm³/mol. The predicted octanol–water partition coefficient (Wildman–Crippen LogP) is 8.62. The molecule has 2 aliphatic rings. The van der Waals surface area contributed by atoms with Gasteiger partial charge >= 0.3 is 0 Å². The smallest absolute Gasteiger partial charge is 0.0463 e. The van der Waals surface area contributed by atoms with E-state index in [0.717, 1.165) is 12.0 Å². The summed E-state index contributed by atoms with van der Waals surface area (Å²) in [6.45, 7) is 12.0. The van der Waals surface area contributed by atoms with Crippen molar-refractivity contribution in [2.24, 2.45) is 11.8 Å². The molecule has 1 nitrogen and oxygen atoms in total. The Morgan fingerprint density at radius 2 is 1.70 bits per heavy atom. The van der Waals surface area contributed by atoms with Crippen LogP contribution in [-0.4, -0.2) is 23.0 Å². The SMILES string of the molecule is CCCCC(CC)N(C1CCCCC1)C(C1=C=C=CC=C1)C(CC)C(CC)CCC. The average molecular weight is 412 g/mol. The van der Waals surface area contributed by atoms with E-state index in [1.807, 2.05) is 6.08 Å². The summed E-state index contributed by atoms with van der Waals surface area (Å²) in [5.74, 6) is 1.51. The summed E-state index contributed by atoms with van der Waals surface area (Å²) in [6, 6.07) is 1.93. The molecule has 0 saturated heterocycles. The minimum absolute atomic E-state index is 0.494. The second-order valence-electron chi connectivity index (χ2n) is 9.67. The van der Waals surface area contributed by atoms with Crippen LogP contribution >= 0.6 is 0 Å². The van der Waals surface area contributed by atoms with Crippen LogP contribution in [0.15, 0.2) is 35.3 Å². The molecule has 0 N–H and O–H groups in total. The van der Waals surface area contributed by atoms with Gasteiger partial charge in [0.1, 0.15) is 0 Å². The Bertz CT molecular complexity index is 596. The minimum Gasteiger partial charge on any atom is -0.290 e. The highest BCUT2D eigenvalue weighted by atomic mass is 15.2. The molecule has 1 heteroatoms. The summed E-state index contributed by atoms with van der Waals surface area (Å²) in [6.07, 6.45) is 24.0. The lowest BCUT2D eigenvalue weighted by atomic mass is 9.74. The zero-order chi connectivity index (χ0) is 21.8. The second-order valence-corrected chi connectivity index (χ2v) is 9.67. The quantitative estimate of drug-likeness (QED) is 0.259. The van der Waals surface area contributed by atoms with Crippen molar-refractivity contribution in [3.05, 3.63) is 35.3 Å². The molecule has 0 spiro atoms. The summed E-state index contributed by atoms with van der Waals surface area (Å²) in [5, 5.41) is 0. The lowest BCUT2D eigenvalue weighted by Crippen LogP contribution is -2.54. The van der Waals surface area contributed by atoms with Crippen LogP contribution < -0.4 is 0 Å². The van der Waals surface area contributed by atoms with Crippen molar-refractivity contribution >= 4 is 0 Å². The maximum atomic E-state index is 3.59. The lowest BCUT2D eigenvalue weighted by molar-refractivity contribution is 0.0208. The lowest BCUT2D eigenvalue weighted by Gasteiger charge is -2.49. The van der Waals surface area contributed by atoms with Gasteiger partial charge in [0.25, 0.3) is 0 Å². The summed E-state index contributed by atoms with van der Waals surface area (Å²) in [5.41, 5.74) is 8.31. The van der Waals surface area contributed by atoms with Crippen LogP contribution in [-0.2, 0) is 0 Å². The Balaban J connectivity index is 2.53. The molecule has 2 rings (SSSR count). The number of hydrogen-bond donors (Lipinski definition) is 0. The van der Waals surface area contributed by atoms with Gasteiger partial charge in [-0.3, -0.25) is 4.90 Å². The Morgan fingerprint density at radius 1 is 0.933 bits per heavy atom. The zero-order valence-electron chi connectivity index (χ0n) is 20.8. The summed E-state index contributed by atoms with van der Waals surface area (Å²) >= 11 is 0. The van der Waals surface area contributed by atoms with E-state index in [0.29, 0.717) is 18.0 Å². The molecule has 0 aliphatic heterocycles. The normalized spacial score (nSPS) is 20.9. The average Bonchev–Trinajstić information content (AvgIpc) is 2.81. The zero-order valence-corrected chi connectivity index (χ0v) is 20.8. The van der Waals surface area contributed by atoms with Gasteiger partial charge in [0.05, 0.1) is 0 Å². The van der Waals surface area contributed by atoms with Gasteiger partial charge in [-0.15, -0.1) is 0 Å². The van der Waals surface area contributed by atoms with Crippen molar-refractivity contribution in [3.8, 4) is 0 Å². The van der Waals surface area contributed by atoms with Gasteiger partial charge in [0.2, 0.25) is 0 Å². The standard InChI is InChI=1S/C29H49N/c1-6-11-21-26(9-4)30(27-22-16-13-17-23-27)29(25-19-14-12-15-20-25)28(10-5)24(8-3)18-7-2/h12,14,19,24,26-29H,6-11,13,16-18,21-23H2,1-5H3. The van der Waals surface area contributed by atoms with E-state index in [2.05, 4.69) is 63.1 Å². The number of unbranched alkanes of at least 4 members (excludes halogenated alkanes) is 1. The van der Waals surface area contributed by atoms with Crippen molar-refractivity contribution < 1.29 is 0 Å². The molecule has 4 unspecified atom stereocenters. The van der Waals surface area contributed by atoms with E-state index in [4.69, 9.17) is 0 Å². The van der Waals surface area contributed by atoms with Gasteiger partial charge in [-0.1, -0.05) is 110 Å². The first kappa shape index (κ1) is 25.3. The maximum Gasteiger partial charge on any atom is 0.0463 e. The topological polar surface area (TPSA) is 3.24 Å². The van der Waals surface area contributed by atoms with E-state index in [1.165, 1.54) is 89.0 Å². The largest absolute Gasteiger partial charge is 0.290 e. The van der Waals surface area contributed by atoms with Gasteiger partial charge < -0.3 is 0 Å². The highest BCUT2D eigenvalue weighted by Crippen LogP contribution is 2.39. The summed E-state index contributed by atoms with van der Waals surface area (Å²) in [4.78, 5) is 3.04. The molecule has 0 aromatic rings. The molecule has 0 aromatic carbocycles. The second kappa shape index (κ2) is 14.1. The molecule has 1 saturated carbocycles. The van der Waals surface area contributed by atoms with Crippen molar-refractivity contribution in [3.63, 3.8) is 0 Å². The Morgan fingerprint density at radius 3 is 2.23 bits per heavy atom. The van der Waals surface area contributed by atoms with E-state index in [9.17, 15) is 0 Å². The van der Waals surface area contributed by atoms with Gasteiger partial charge in [-0.25, -0.2) is 0 Å². The molecule has 0 bridgehead atoms. The third-order valence-corrected chi connectivity index (χ3v) is 7.76. The first-order valence-electron chi connectivity index (χ1n) is 13.4. The van der Waals surface area contributed by atoms with Crippen molar-refractivity contribution in [1.82, 2.24) is 4.90 Å². The monoisotopic (exact) mass is 411 g/mol. The molecular weight excluding hydrogens is 362 g/mol. The molecule has 0 amide bonds. The number of rotatable bonds is 14. The molecule has 170 valence electrons. The molecule has 0 heterocycles. The van der Waals surface area contributed by atoms with E-state index < -0.39 is 0 Å². The fourth-order valence-corrected chi connectivity index (χ4v) is 6.19. The van der Waals surface area contributed by atoms with E-state index >= 15 is 0 Å². The van der Waals surface area contributed by atoms with Crippen LogP contribution in [0.4, 0.5) is 0 Å². The fraction of sp³-hybridized carbons (Fsp3) is 0.793. The first-order valence-corrected chi connectivity index (χ1v) is 13.4. The van der Waals surface area contributed by atoms with Crippen LogP contribution in [0, 0.1) is 11.8 Å². The first-order chi connectivity index (χ1) is 14.7. The van der Waals surface area contributed by atoms with Crippen LogP contribution in [0.25, 0.3) is 0 Å². The van der Waals surface area contributed by atoms with Crippen LogP contribution in [0.1, 0.15) is 118 Å². The molecule has 4 atom stereocenters. The van der Waals surface area contributed by atoms with Crippen molar-refractivity contribution in [2.45, 2.75) is 136 Å². The molecule has 2 aliphatic carbocycles. The van der Waals surface area contributed by atoms with Gasteiger partial charge in [0.15, 0.2) is 0 Å². The molecule has 1 fully saturated rings. The van der Waals surface area contributed by atoms with Crippen molar-refractivity contribution in [1.29, 1.82) is 0 Å². The van der Waals surface area contributed by atoms with E-state index in [-0.39, 0.29) is 0 Å². The van der Waals surface area contributed by atoms with Gasteiger partial charge in [0, 0.05) is 23.7 Å². The van der Waals surface area contributed by atoms with Crippen LogP contribution in [0.2, 0.25) is 0 Å². The van der Waals surface area contributed by atoms with Gasteiger partial charge in [-0.05, 0) is 49.7 Å².